The van der Waals surface area contributed by atoms with Crippen molar-refractivity contribution in [3.63, 3.8) is 0 Å². The Balaban J connectivity index is 1.50. The van der Waals surface area contributed by atoms with Gasteiger partial charge in [-0.1, -0.05) is 19.1 Å². The number of nitrogens with zero attached hydrogens (tertiary/aromatic N) is 1. The summed E-state index contributed by atoms with van der Waals surface area (Å²) in [5, 5.41) is 3.51. The Morgan fingerprint density at radius 2 is 1.84 bits per heavy atom. The first-order valence-corrected chi connectivity index (χ1v) is 7.37. The van der Waals surface area contributed by atoms with Gasteiger partial charge in [-0.2, -0.15) is 0 Å². The van der Waals surface area contributed by atoms with E-state index in [1.54, 1.807) is 0 Å². The lowest BCUT2D eigenvalue weighted by Gasteiger charge is -2.38. The predicted molar refractivity (Wildman–Crippen MR) is 78.4 cm³/mol. The second kappa shape index (κ2) is 5.51. The van der Waals surface area contributed by atoms with Crippen LogP contribution in [0.4, 0.5) is 5.69 Å². The second-order valence-electron chi connectivity index (χ2n) is 6.34. The number of ether oxygens (including phenoxy) is 1. The molecule has 3 heteroatoms. The highest BCUT2D eigenvalue weighted by molar-refractivity contribution is 5.44. The third kappa shape index (κ3) is 3.28. The molecule has 104 valence electrons. The molecule has 2 aliphatic heterocycles. The van der Waals surface area contributed by atoms with Gasteiger partial charge in [0.1, 0.15) is 0 Å². The number of nitrogens with one attached hydrogen (secondary N) is 1. The molecule has 0 unspecified atom stereocenters. The van der Waals surface area contributed by atoms with Crippen LogP contribution in [0.3, 0.4) is 0 Å². The summed E-state index contributed by atoms with van der Waals surface area (Å²) in [6.07, 6.45) is 2.72. The largest absolute Gasteiger partial charge is 0.384 e. The molecule has 1 N–H and O–H groups in total. The van der Waals surface area contributed by atoms with Gasteiger partial charge in [-0.3, -0.25) is 4.90 Å². The van der Waals surface area contributed by atoms with Crippen LogP contribution in [-0.2, 0) is 11.3 Å². The SMILES string of the molecule is CC1(CNc2ccc(CN3CCCC3)cc2)COC1. The van der Waals surface area contributed by atoms with Crippen LogP contribution in [0.1, 0.15) is 25.3 Å². The first kappa shape index (κ1) is 12.9. The smallest absolute Gasteiger partial charge is 0.0559 e. The Hall–Kier alpha value is -1.06. The van der Waals surface area contributed by atoms with Gasteiger partial charge in [-0.25, -0.2) is 0 Å². The third-order valence-electron chi connectivity index (χ3n) is 4.18. The minimum absolute atomic E-state index is 0.328. The van der Waals surface area contributed by atoms with E-state index < -0.39 is 0 Å². The molecule has 0 aliphatic carbocycles. The molecule has 1 aromatic rings. The van der Waals surface area contributed by atoms with Crippen molar-refractivity contribution in [3.8, 4) is 0 Å². The van der Waals surface area contributed by atoms with Crippen LogP contribution in [0.2, 0.25) is 0 Å². The summed E-state index contributed by atoms with van der Waals surface area (Å²) < 4.78 is 5.27. The van der Waals surface area contributed by atoms with Crippen molar-refractivity contribution in [2.24, 2.45) is 5.41 Å². The van der Waals surface area contributed by atoms with Gasteiger partial charge in [0.25, 0.3) is 0 Å². The van der Waals surface area contributed by atoms with E-state index >= 15 is 0 Å². The number of hydrogen-bond donors (Lipinski definition) is 1. The van der Waals surface area contributed by atoms with E-state index in [9.17, 15) is 0 Å². The van der Waals surface area contributed by atoms with Crippen LogP contribution < -0.4 is 5.32 Å². The Labute approximate surface area is 115 Å². The maximum Gasteiger partial charge on any atom is 0.0559 e. The summed E-state index contributed by atoms with van der Waals surface area (Å²) in [5.41, 5.74) is 2.97. The van der Waals surface area contributed by atoms with Gasteiger partial charge in [0.15, 0.2) is 0 Å². The third-order valence-corrected chi connectivity index (χ3v) is 4.18. The molecule has 2 heterocycles. The lowest BCUT2D eigenvalue weighted by atomic mass is 9.89. The average molecular weight is 260 g/mol. The minimum Gasteiger partial charge on any atom is -0.384 e. The fraction of sp³-hybridized carbons (Fsp3) is 0.625. The molecule has 1 aromatic carbocycles. The van der Waals surface area contributed by atoms with Crippen LogP contribution in [0, 0.1) is 5.41 Å². The van der Waals surface area contributed by atoms with E-state index in [-0.39, 0.29) is 0 Å². The van der Waals surface area contributed by atoms with Gasteiger partial charge in [-0.15, -0.1) is 0 Å². The normalized spacial score (nSPS) is 22.2. The number of hydrogen-bond acceptors (Lipinski definition) is 3. The van der Waals surface area contributed by atoms with Crippen LogP contribution in [0.5, 0.6) is 0 Å². The van der Waals surface area contributed by atoms with E-state index in [0.717, 1.165) is 26.3 Å². The molecule has 0 spiro atoms. The van der Waals surface area contributed by atoms with Gasteiger partial charge in [0.05, 0.1) is 13.2 Å². The number of likely N-dealkylation sites (tertiary alicyclic amines) is 1. The first-order valence-electron chi connectivity index (χ1n) is 7.37. The number of anilines is 1. The van der Waals surface area contributed by atoms with Crippen LogP contribution in [0.15, 0.2) is 24.3 Å². The Bertz CT molecular complexity index is 405. The predicted octanol–water partition coefficient (Wildman–Crippen LogP) is 2.73. The summed E-state index contributed by atoms with van der Waals surface area (Å²) in [6, 6.07) is 8.91. The van der Waals surface area contributed by atoms with Crippen molar-refractivity contribution in [2.45, 2.75) is 26.3 Å². The second-order valence-corrected chi connectivity index (χ2v) is 6.34. The Kier molecular flexibility index (Phi) is 3.76. The highest BCUT2D eigenvalue weighted by atomic mass is 16.5. The van der Waals surface area contributed by atoms with Gasteiger partial charge < -0.3 is 10.1 Å². The highest BCUT2D eigenvalue weighted by Crippen LogP contribution is 2.26. The molecule has 19 heavy (non-hydrogen) atoms. The standard InChI is InChI=1S/C16H24N2O/c1-16(12-19-13-16)11-17-15-6-4-14(5-7-15)10-18-8-2-3-9-18/h4-7,17H,2-3,8-13H2,1H3. The van der Waals surface area contributed by atoms with E-state index in [2.05, 4.69) is 41.4 Å². The van der Waals surface area contributed by atoms with Crippen molar-refractivity contribution >= 4 is 5.69 Å². The highest BCUT2D eigenvalue weighted by Gasteiger charge is 2.32. The van der Waals surface area contributed by atoms with E-state index in [4.69, 9.17) is 4.74 Å². The first-order chi connectivity index (χ1) is 9.23. The van der Waals surface area contributed by atoms with Crippen molar-refractivity contribution in [1.29, 1.82) is 0 Å². The van der Waals surface area contributed by atoms with Crippen molar-refractivity contribution in [2.75, 3.05) is 38.2 Å². The molecule has 0 saturated carbocycles. The maximum atomic E-state index is 5.27. The van der Waals surface area contributed by atoms with Gasteiger partial charge in [0, 0.05) is 24.2 Å². The molecule has 0 amide bonds. The summed E-state index contributed by atoms with van der Waals surface area (Å²) in [5.74, 6) is 0. The van der Waals surface area contributed by atoms with Gasteiger partial charge >= 0.3 is 0 Å². The Morgan fingerprint density at radius 1 is 1.16 bits per heavy atom. The lowest BCUT2D eigenvalue weighted by molar-refractivity contribution is -0.0924. The van der Waals surface area contributed by atoms with Crippen LogP contribution in [-0.4, -0.2) is 37.7 Å². The van der Waals surface area contributed by atoms with Crippen molar-refractivity contribution in [3.05, 3.63) is 29.8 Å². The zero-order valence-corrected chi connectivity index (χ0v) is 11.8. The number of rotatable bonds is 5. The lowest BCUT2D eigenvalue weighted by Crippen LogP contribution is -2.45. The molecule has 2 aliphatic rings. The van der Waals surface area contributed by atoms with Gasteiger partial charge in [-0.05, 0) is 43.6 Å². The zero-order valence-electron chi connectivity index (χ0n) is 11.8. The monoisotopic (exact) mass is 260 g/mol. The van der Waals surface area contributed by atoms with E-state index in [0.29, 0.717) is 5.41 Å². The maximum absolute atomic E-state index is 5.27. The van der Waals surface area contributed by atoms with E-state index in [1.165, 1.54) is 37.2 Å². The molecule has 0 bridgehead atoms. The summed E-state index contributed by atoms with van der Waals surface area (Å²) in [6.45, 7) is 8.66. The van der Waals surface area contributed by atoms with Crippen molar-refractivity contribution in [1.82, 2.24) is 4.90 Å². The molecule has 3 nitrogen and oxygen atoms in total. The summed E-state index contributed by atoms with van der Waals surface area (Å²) in [7, 11) is 0. The topological polar surface area (TPSA) is 24.5 Å². The molecule has 0 atom stereocenters. The summed E-state index contributed by atoms with van der Waals surface area (Å²) in [4.78, 5) is 2.54. The van der Waals surface area contributed by atoms with Crippen LogP contribution in [0.25, 0.3) is 0 Å². The molecule has 2 fully saturated rings. The van der Waals surface area contributed by atoms with Gasteiger partial charge in [0.2, 0.25) is 0 Å². The minimum atomic E-state index is 0.328. The van der Waals surface area contributed by atoms with Crippen molar-refractivity contribution < 1.29 is 4.74 Å². The fourth-order valence-corrected chi connectivity index (χ4v) is 2.79. The molecule has 3 rings (SSSR count). The molecule has 0 aromatic heterocycles. The number of benzene rings is 1. The average Bonchev–Trinajstić information content (AvgIpc) is 2.89. The summed E-state index contributed by atoms with van der Waals surface area (Å²) >= 11 is 0. The zero-order chi connectivity index (χ0) is 13.1. The Morgan fingerprint density at radius 3 is 2.42 bits per heavy atom. The molecular weight excluding hydrogens is 236 g/mol. The van der Waals surface area contributed by atoms with E-state index in [1.807, 2.05) is 0 Å². The van der Waals surface area contributed by atoms with Crippen LogP contribution >= 0.6 is 0 Å². The molecular formula is C16H24N2O. The quantitative estimate of drug-likeness (QED) is 0.881. The fourth-order valence-electron chi connectivity index (χ4n) is 2.79. The molecule has 2 saturated heterocycles. The molecule has 0 radical (unpaired) electrons.